The van der Waals surface area contributed by atoms with Crippen molar-refractivity contribution in [1.82, 2.24) is 4.31 Å². The molecule has 0 aromatic heterocycles. The normalized spacial score (nSPS) is 15.9. The van der Waals surface area contributed by atoms with Crippen LogP contribution in [0.25, 0.3) is 0 Å². The van der Waals surface area contributed by atoms with Crippen molar-refractivity contribution < 1.29 is 31.1 Å². The Morgan fingerprint density at radius 3 is 2.19 bits per heavy atom. The number of ether oxygens (including phenoxy) is 1. The maximum Gasteiger partial charge on any atom is 0.573 e. The van der Waals surface area contributed by atoms with E-state index in [9.17, 15) is 26.4 Å². The fourth-order valence-corrected chi connectivity index (χ4v) is 5.15. The van der Waals surface area contributed by atoms with Gasteiger partial charge in [-0.1, -0.05) is 18.9 Å². The van der Waals surface area contributed by atoms with E-state index in [-0.39, 0.29) is 16.1 Å². The molecule has 0 unspecified atom stereocenters. The van der Waals surface area contributed by atoms with Crippen molar-refractivity contribution in [2.24, 2.45) is 0 Å². The summed E-state index contributed by atoms with van der Waals surface area (Å²) >= 11 is 0. The molecule has 1 amide bonds. The van der Waals surface area contributed by atoms with Crippen LogP contribution in [0, 0.1) is 6.92 Å². The summed E-state index contributed by atoms with van der Waals surface area (Å²) in [6.45, 7) is 2.57. The molecule has 0 radical (unpaired) electrons. The summed E-state index contributed by atoms with van der Waals surface area (Å²) in [6.07, 6.45) is -1.23. The molecule has 10 heteroatoms. The summed E-state index contributed by atoms with van der Waals surface area (Å²) in [4.78, 5) is 12.7. The zero-order valence-electron chi connectivity index (χ0n) is 16.9. The van der Waals surface area contributed by atoms with Gasteiger partial charge in [0.2, 0.25) is 10.0 Å². The number of hydrogen-bond acceptors (Lipinski definition) is 4. The first-order chi connectivity index (χ1) is 14.6. The third-order valence-corrected chi connectivity index (χ3v) is 7.02. The van der Waals surface area contributed by atoms with Crippen LogP contribution in [-0.2, 0) is 10.0 Å². The van der Waals surface area contributed by atoms with Gasteiger partial charge in [0.05, 0.1) is 4.90 Å². The molecule has 3 rings (SSSR count). The topological polar surface area (TPSA) is 75.7 Å². The third kappa shape index (κ3) is 5.98. The summed E-state index contributed by atoms with van der Waals surface area (Å²) in [5, 5.41) is 2.55. The first kappa shape index (κ1) is 23.1. The summed E-state index contributed by atoms with van der Waals surface area (Å²) in [6, 6.07) is 9.10. The Kier molecular flexibility index (Phi) is 6.90. The number of carbonyl (C=O) groups is 1. The minimum atomic E-state index is -4.80. The van der Waals surface area contributed by atoms with Gasteiger partial charge in [-0.25, -0.2) is 8.42 Å². The maximum absolute atomic E-state index is 13.1. The predicted octanol–water partition coefficient (Wildman–Crippen LogP) is 4.71. The molecule has 0 saturated carbocycles. The molecule has 1 N–H and O–H groups in total. The lowest BCUT2D eigenvalue weighted by Gasteiger charge is -2.21. The Morgan fingerprint density at radius 2 is 1.61 bits per heavy atom. The highest BCUT2D eigenvalue weighted by atomic mass is 32.2. The second kappa shape index (κ2) is 9.27. The van der Waals surface area contributed by atoms with Crippen LogP contribution in [0.15, 0.2) is 47.4 Å². The van der Waals surface area contributed by atoms with Gasteiger partial charge in [0.15, 0.2) is 0 Å². The molecule has 0 bridgehead atoms. The van der Waals surface area contributed by atoms with Crippen LogP contribution in [0.1, 0.15) is 41.6 Å². The standard InChI is InChI=1S/C21H23F3N2O4S/c1-15-6-7-16(14-19(15)31(28,29)26-12-4-2-3-5-13-26)20(27)25-17-8-10-18(11-9-17)30-21(22,23)24/h6-11,14H,2-5,12-13H2,1H3,(H,25,27). The molecule has 6 nitrogen and oxygen atoms in total. The highest BCUT2D eigenvalue weighted by Crippen LogP contribution is 2.26. The van der Waals surface area contributed by atoms with E-state index >= 15 is 0 Å². The van der Waals surface area contributed by atoms with Crippen LogP contribution in [-0.4, -0.2) is 38.1 Å². The number of nitrogens with one attached hydrogen (secondary N) is 1. The number of carbonyl (C=O) groups excluding carboxylic acids is 1. The van der Waals surface area contributed by atoms with E-state index in [1.807, 2.05) is 0 Å². The summed E-state index contributed by atoms with van der Waals surface area (Å²) in [5.74, 6) is -0.983. The third-order valence-electron chi connectivity index (χ3n) is 4.98. The van der Waals surface area contributed by atoms with E-state index in [1.54, 1.807) is 13.0 Å². The molecule has 0 atom stereocenters. The van der Waals surface area contributed by atoms with E-state index in [2.05, 4.69) is 10.1 Å². The second-order valence-corrected chi connectivity index (χ2v) is 9.23. The van der Waals surface area contributed by atoms with Crippen molar-refractivity contribution in [3.8, 4) is 5.75 Å². The van der Waals surface area contributed by atoms with Gasteiger partial charge in [0, 0.05) is 24.3 Å². The highest BCUT2D eigenvalue weighted by molar-refractivity contribution is 7.89. The molecule has 0 spiro atoms. The molecule has 1 aliphatic heterocycles. The number of amides is 1. The molecular weight excluding hydrogens is 433 g/mol. The molecular formula is C21H23F3N2O4S. The number of alkyl halides is 3. The molecule has 2 aromatic carbocycles. The number of benzene rings is 2. The summed E-state index contributed by atoms with van der Waals surface area (Å²) < 4.78 is 68.3. The van der Waals surface area contributed by atoms with Gasteiger partial charge in [-0.2, -0.15) is 4.31 Å². The molecule has 31 heavy (non-hydrogen) atoms. The Morgan fingerprint density at radius 1 is 1.00 bits per heavy atom. The van der Waals surface area contributed by atoms with Crippen LogP contribution in [0.4, 0.5) is 18.9 Å². The lowest BCUT2D eigenvalue weighted by Crippen LogP contribution is -2.32. The Bertz CT molecular complexity index is 1030. The lowest BCUT2D eigenvalue weighted by atomic mass is 10.1. The van der Waals surface area contributed by atoms with Gasteiger partial charge < -0.3 is 10.1 Å². The number of aryl methyl sites for hydroxylation is 1. The Balaban J connectivity index is 1.78. The molecule has 2 aromatic rings. The van der Waals surface area contributed by atoms with Crippen LogP contribution in [0.2, 0.25) is 0 Å². The van der Waals surface area contributed by atoms with E-state index < -0.39 is 28.0 Å². The van der Waals surface area contributed by atoms with Gasteiger partial charge in [0.1, 0.15) is 5.75 Å². The maximum atomic E-state index is 13.1. The average Bonchev–Trinajstić information content (AvgIpc) is 2.98. The summed E-state index contributed by atoms with van der Waals surface area (Å²) in [5.41, 5.74) is 0.918. The SMILES string of the molecule is Cc1ccc(C(=O)Nc2ccc(OC(F)(F)F)cc2)cc1S(=O)(=O)N1CCCCCC1. The monoisotopic (exact) mass is 456 g/mol. The zero-order chi connectivity index (χ0) is 22.6. The van der Waals surface area contributed by atoms with Crippen molar-refractivity contribution in [2.75, 3.05) is 18.4 Å². The average molecular weight is 456 g/mol. The van der Waals surface area contributed by atoms with Crippen molar-refractivity contribution in [3.05, 3.63) is 53.6 Å². The van der Waals surface area contributed by atoms with E-state index in [4.69, 9.17) is 0 Å². The van der Waals surface area contributed by atoms with E-state index in [0.29, 0.717) is 18.7 Å². The minimum absolute atomic E-state index is 0.0796. The fraction of sp³-hybridized carbons (Fsp3) is 0.381. The van der Waals surface area contributed by atoms with Crippen LogP contribution < -0.4 is 10.1 Å². The molecule has 1 fully saturated rings. The molecule has 1 aliphatic rings. The Hall–Kier alpha value is -2.59. The van der Waals surface area contributed by atoms with E-state index in [0.717, 1.165) is 37.8 Å². The molecule has 0 aliphatic carbocycles. The van der Waals surface area contributed by atoms with Crippen molar-refractivity contribution in [3.63, 3.8) is 0 Å². The molecule has 1 saturated heterocycles. The first-order valence-corrected chi connectivity index (χ1v) is 11.3. The molecule has 168 valence electrons. The van der Waals surface area contributed by atoms with E-state index in [1.165, 1.54) is 28.6 Å². The van der Waals surface area contributed by atoms with Crippen molar-refractivity contribution in [2.45, 2.75) is 43.9 Å². The van der Waals surface area contributed by atoms with Crippen molar-refractivity contribution in [1.29, 1.82) is 0 Å². The van der Waals surface area contributed by atoms with Gasteiger partial charge in [0.25, 0.3) is 5.91 Å². The zero-order valence-corrected chi connectivity index (χ0v) is 17.7. The van der Waals surface area contributed by atoms with Crippen molar-refractivity contribution >= 4 is 21.6 Å². The number of nitrogens with zero attached hydrogens (tertiary/aromatic N) is 1. The van der Waals surface area contributed by atoms with Crippen LogP contribution >= 0.6 is 0 Å². The lowest BCUT2D eigenvalue weighted by molar-refractivity contribution is -0.274. The Labute approximate surface area is 179 Å². The second-order valence-electron chi connectivity index (χ2n) is 7.32. The quantitative estimate of drug-likeness (QED) is 0.707. The predicted molar refractivity (Wildman–Crippen MR) is 109 cm³/mol. The van der Waals surface area contributed by atoms with Gasteiger partial charge in [-0.05, 0) is 61.7 Å². The summed E-state index contributed by atoms with van der Waals surface area (Å²) in [7, 11) is -3.74. The number of anilines is 1. The van der Waals surface area contributed by atoms with Gasteiger partial charge in [-0.3, -0.25) is 4.79 Å². The number of sulfonamides is 1. The van der Waals surface area contributed by atoms with Gasteiger partial charge in [-0.15, -0.1) is 13.2 Å². The molecule has 1 heterocycles. The smallest absolute Gasteiger partial charge is 0.406 e. The number of rotatable bonds is 5. The highest BCUT2D eigenvalue weighted by Gasteiger charge is 2.31. The first-order valence-electron chi connectivity index (χ1n) is 9.84. The van der Waals surface area contributed by atoms with Gasteiger partial charge >= 0.3 is 6.36 Å². The largest absolute Gasteiger partial charge is 0.573 e. The number of halogens is 3. The van der Waals surface area contributed by atoms with Crippen LogP contribution in [0.3, 0.4) is 0 Å². The number of hydrogen-bond donors (Lipinski definition) is 1. The fourth-order valence-electron chi connectivity index (χ4n) is 3.38. The van der Waals surface area contributed by atoms with Crippen LogP contribution in [0.5, 0.6) is 5.75 Å². The minimum Gasteiger partial charge on any atom is -0.406 e.